The van der Waals surface area contributed by atoms with E-state index in [-0.39, 0.29) is 29.2 Å². The molecule has 1 N–H and O–H groups in total. The second-order valence-electron chi connectivity index (χ2n) is 11.3. The van der Waals surface area contributed by atoms with Gasteiger partial charge in [0.25, 0.3) is 11.9 Å². The Bertz CT molecular complexity index is 1510. The quantitative estimate of drug-likeness (QED) is 0.119. The molecule has 2 heterocycles. The molecule has 0 atom stereocenters. The lowest BCUT2D eigenvalue weighted by Crippen LogP contribution is -2.37. The molecule has 1 amide bonds. The Kier molecular flexibility index (Phi) is 11.0. The first-order valence-electron chi connectivity index (χ1n) is 14.7. The summed E-state index contributed by atoms with van der Waals surface area (Å²) in [5, 5.41) is 4.05. The van der Waals surface area contributed by atoms with Crippen LogP contribution in [0, 0.1) is 6.92 Å². The molecule has 11 heteroatoms. The maximum absolute atomic E-state index is 13.2. The van der Waals surface area contributed by atoms with Crippen LogP contribution in [0.25, 0.3) is 0 Å². The van der Waals surface area contributed by atoms with Gasteiger partial charge in [0.05, 0.1) is 35.5 Å². The Balaban J connectivity index is 1.47. The molecular formula is C33H42N4O6Si. The molecule has 0 fully saturated rings. The average molecular weight is 619 g/mol. The molecule has 4 aromatic rings. The third-order valence-electron chi connectivity index (χ3n) is 6.92. The van der Waals surface area contributed by atoms with Crippen molar-refractivity contribution in [3.8, 4) is 23.5 Å². The highest BCUT2D eigenvalue weighted by molar-refractivity contribution is 6.88. The molecule has 0 unspecified atom stereocenters. The lowest BCUT2D eigenvalue weighted by Gasteiger charge is -2.23. The zero-order chi connectivity index (χ0) is 31.7. The molecule has 0 aliphatic heterocycles. The normalized spacial score (nSPS) is 11.2. The van der Waals surface area contributed by atoms with E-state index >= 15 is 0 Å². The van der Waals surface area contributed by atoms with Crippen LogP contribution in [0.2, 0.25) is 19.6 Å². The van der Waals surface area contributed by atoms with Gasteiger partial charge < -0.3 is 33.6 Å². The molecule has 2 aromatic heterocycles. The number of ether oxygens (including phenoxy) is 4. The Morgan fingerprint density at radius 1 is 0.955 bits per heavy atom. The van der Waals surface area contributed by atoms with Crippen LogP contribution < -0.4 is 29.6 Å². The second kappa shape index (κ2) is 14.9. The predicted octanol–water partition coefficient (Wildman–Crippen LogP) is 6.42. The van der Waals surface area contributed by atoms with Crippen molar-refractivity contribution in [3.05, 3.63) is 77.6 Å². The van der Waals surface area contributed by atoms with Crippen molar-refractivity contribution in [1.82, 2.24) is 9.97 Å². The molecule has 0 spiro atoms. The van der Waals surface area contributed by atoms with Gasteiger partial charge in [0.1, 0.15) is 5.75 Å². The van der Waals surface area contributed by atoms with E-state index in [1.54, 1.807) is 12.1 Å². The number of rotatable bonds is 15. The zero-order valence-electron chi connectivity index (χ0n) is 26.6. The molecule has 0 aliphatic rings. The molecule has 0 saturated carbocycles. The number of carbonyl (C=O) groups excluding carboxylic acids is 1. The third kappa shape index (κ3) is 8.39. The standard InChI is InChI=1S/C33H42N4O6Si/c1-8-18-37(19-20-41-22-24-12-10-9-11-13-24)33-35-31(39-3)29(32(36-33)40-4)34-30(38)26-16-17-28(42-26)43-27-21-25(44(5,6)7)15-14-23(27)2/h9-17,21H,8,18-20,22H2,1-7H3,(H,34,38). The van der Waals surface area contributed by atoms with Crippen LogP contribution in [0.15, 0.2) is 65.1 Å². The minimum Gasteiger partial charge on any atom is -0.479 e. The average Bonchev–Trinajstić information content (AvgIpc) is 3.48. The summed E-state index contributed by atoms with van der Waals surface area (Å²) in [6.45, 7) is 13.1. The number of nitrogens with one attached hydrogen (secondary N) is 1. The van der Waals surface area contributed by atoms with E-state index in [0.29, 0.717) is 38.0 Å². The second-order valence-corrected chi connectivity index (χ2v) is 16.4. The number of benzene rings is 2. The fraction of sp³-hybridized carbons (Fsp3) is 0.364. The summed E-state index contributed by atoms with van der Waals surface area (Å²) in [6.07, 6.45) is 0.871. The lowest BCUT2D eigenvalue weighted by molar-refractivity contribution is 0.0990. The molecule has 0 radical (unpaired) electrons. The van der Waals surface area contributed by atoms with Crippen LogP contribution in [0.1, 0.15) is 35.0 Å². The topological polar surface area (TPSA) is 108 Å². The van der Waals surface area contributed by atoms with Gasteiger partial charge in [-0.15, -0.1) is 0 Å². The number of aromatic nitrogens is 2. The van der Waals surface area contributed by atoms with E-state index in [4.69, 9.17) is 23.4 Å². The molecule has 44 heavy (non-hydrogen) atoms. The van der Waals surface area contributed by atoms with Gasteiger partial charge in [-0.3, -0.25) is 4.79 Å². The minimum atomic E-state index is -1.54. The number of furan rings is 1. The number of hydrogen-bond donors (Lipinski definition) is 1. The van der Waals surface area contributed by atoms with E-state index < -0.39 is 14.0 Å². The van der Waals surface area contributed by atoms with Crippen molar-refractivity contribution in [1.29, 1.82) is 0 Å². The van der Waals surface area contributed by atoms with Crippen molar-refractivity contribution in [2.24, 2.45) is 0 Å². The number of anilines is 2. The molecule has 0 aliphatic carbocycles. The first-order valence-corrected chi connectivity index (χ1v) is 18.2. The van der Waals surface area contributed by atoms with Gasteiger partial charge in [-0.1, -0.05) is 74.2 Å². The third-order valence-corrected chi connectivity index (χ3v) is 8.96. The molecule has 0 bridgehead atoms. The summed E-state index contributed by atoms with van der Waals surface area (Å²) in [7, 11) is 1.42. The highest BCUT2D eigenvalue weighted by atomic mass is 28.3. The van der Waals surface area contributed by atoms with Gasteiger partial charge in [0.15, 0.2) is 11.4 Å². The fourth-order valence-corrected chi connectivity index (χ4v) is 5.58. The summed E-state index contributed by atoms with van der Waals surface area (Å²) < 4.78 is 28.8. The summed E-state index contributed by atoms with van der Waals surface area (Å²) in [5.41, 5.74) is 2.27. The number of methoxy groups -OCH3 is 2. The summed E-state index contributed by atoms with van der Waals surface area (Å²) in [4.78, 5) is 24.4. The zero-order valence-corrected chi connectivity index (χ0v) is 27.6. The number of nitrogens with zero attached hydrogens (tertiary/aromatic N) is 3. The van der Waals surface area contributed by atoms with Gasteiger partial charge in [0.2, 0.25) is 17.7 Å². The summed E-state index contributed by atoms with van der Waals surface area (Å²) in [5.74, 6) is 1.16. The monoisotopic (exact) mass is 618 g/mol. The Morgan fingerprint density at radius 2 is 1.66 bits per heavy atom. The Hall–Kier alpha value is -4.35. The highest BCUT2D eigenvalue weighted by Crippen LogP contribution is 2.34. The van der Waals surface area contributed by atoms with Crippen LogP contribution >= 0.6 is 0 Å². The number of amides is 1. The SMILES string of the molecule is CCCN(CCOCc1ccccc1)c1nc(OC)c(NC(=O)c2ccc(Oc3cc([Si](C)(C)C)ccc3C)o2)c(OC)n1. The molecule has 0 saturated heterocycles. The number of carbonyl (C=O) groups is 1. The summed E-state index contributed by atoms with van der Waals surface area (Å²) in [6, 6.07) is 19.4. The van der Waals surface area contributed by atoms with E-state index in [2.05, 4.69) is 54.0 Å². The van der Waals surface area contributed by atoms with Crippen molar-refractivity contribution < 1.29 is 28.2 Å². The van der Waals surface area contributed by atoms with E-state index in [9.17, 15) is 4.79 Å². The molecule has 10 nitrogen and oxygen atoms in total. The molecule has 234 valence electrons. The summed E-state index contributed by atoms with van der Waals surface area (Å²) >= 11 is 0. The Labute approximate surface area is 260 Å². The van der Waals surface area contributed by atoms with Gasteiger partial charge in [-0.2, -0.15) is 9.97 Å². The maximum atomic E-state index is 13.2. The van der Waals surface area contributed by atoms with Crippen LogP contribution in [0.5, 0.6) is 23.5 Å². The van der Waals surface area contributed by atoms with Crippen molar-refractivity contribution in [2.45, 2.75) is 46.5 Å². The van der Waals surface area contributed by atoms with E-state index in [0.717, 1.165) is 17.5 Å². The first-order chi connectivity index (χ1) is 21.1. The highest BCUT2D eigenvalue weighted by Gasteiger charge is 2.24. The molecule has 2 aromatic carbocycles. The first kappa shape index (κ1) is 32.6. The van der Waals surface area contributed by atoms with Crippen LogP contribution in [-0.4, -0.2) is 57.9 Å². The number of hydrogen-bond acceptors (Lipinski definition) is 9. The van der Waals surface area contributed by atoms with Gasteiger partial charge in [-0.05, 0) is 36.6 Å². The lowest BCUT2D eigenvalue weighted by atomic mass is 10.2. The van der Waals surface area contributed by atoms with Gasteiger partial charge in [-0.25, -0.2) is 0 Å². The van der Waals surface area contributed by atoms with Gasteiger partial charge >= 0.3 is 0 Å². The van der Waals surface area contributed by atoms with Crippen LogP contribution in [0.4, 0.5) is 11.6 Å². The van der Waals surface area contributed by atoms with Crippen LogP contribution in [0.3, 0.4) is 0 Å². The number of aryl methyl sites for hydroxylation is 1. The smallest absolute Gasteiger partial charge is 0.291 e. The predicted molar refractivity (Wildman–Crippen MR) is 175 cm³/mol. The van der Waals surface area contributed by atoms with E-state index in [1.807, 2.05) is 48.2 Å². The Morgan fingerprint density at radius 3 is 2.30 bits per heavy atom. The van der Waals surface area contributed by atoms with Crippen molar-refractivity contribution in [2.75, 3.05) is 44.1 Å². The fourth-order valence-electron chi connectivity index (χ4n) is 4.43. The van der Waals surface area contributed by atoms with Crippen molar-refractivity contribution in [3.63, 3.8) is 0 Å². The maximum Gasteiger partial charge on any atom is 0.291 e. The minimum absolute atomic E-state index is 0.0513. The van der Waals surface area contributed by atoms with Crippen LogP contribution in [-0.2, 0) is 11.3 Å². The van der Waals surface area contributed by atoms with E-state index in [1.165, 1.54) is 19.4 Å². The van der Waals surface area contributed by atoms with Crippen molar-refractivity contribution >= 4 is 30.8 Å². The molecular weight excluding hydrogens is 576 g/mol. The largest absolute Gasteiger partial charge is 0.479 e. The van der Waals surface area contributed by atoms with Gasteiger partial charge in [0, 0.05) is 19.2 Å². The molecule has 4 rings (SSSR count).